The molecule has 0 saturated heterocycles. The first kappa shape index (κ1) is 24.0. The molecular weight excluding hydrogens is 538 g/mol. The molecule has 5 rings (SSSR count). The van der Waals surface area contributed by atoms with E-state index in [-0.39, 0.29) is 11.0 Å². The molecular formula is C28H22BrN3O3S. The summed E-state index contributed by atoms with van der Waals surface area (Å²) < 4.78 is 12.3. The fourth-order valence-corrected chi connectivity index (χ4v) is 5.16. The van der Waals surface area contributed by atoms with Gasteiger partial charge in [-0.3, -0.25) is 10.1 Å². The second-order valence-corrected chi connectivity index (χ2v) is 9.63. The summed E-state index contributed by atoms with van der Waals surface area (Å²) in [5, 5.41) is 7.84. The van der Waals surface area contributed by atoms with Crippen molar-refractivity contribution in [2.75, 3.05) is 12.4 Å². The Hall–Kier alpha value is -3.75. The lowest BCUT2D eigenvalue weighted by Crippen LogP contribution is -2.34. The zero-order valence-electron chi connectivity index (χ0n) is 19.8. The van der Waals surface area contributed by atoms with Gasteiger partial charge in [-0.15, -0.1) is 0 Å². The van der Waals surface area contributed by atoms with Crippen LogP contribution in [0.1, 0.15) is 21.5 Å². The van der Waals surface area contributed by atoms with Crippen LogP contribution in [0.5, 0.6) is 5.75 Å². The van der Waals surface area contributed by atoms with Crippen LogP contribution in [-0.2, 0) is 0 Å². The Kier molecular flexibility index (Phi) is 6.47. The van der Waals surface area contributed by atoms with Gasteiger partial charge in [-0.25, -0.2) is 4.98 Å². The third kappa shape index (κ3) is 4.57. The zero-order chi connectivity index (χ0) is 25.4. The molecule has 180 valence electrons. The van der Waals surface area contributed by atoms with Gasteiger partial charge >= 0.3 is 0 Å². The molecule has 0 radical (unpaired) electrons. The number of halogens is 1. The van der Waals surface area contributed by atoms with Crippen molar-refractivity contribution < 1.29 is 13.9 Å². The van der Waals surface area contributed by atoms with Gasteiger partial charge in [0.05, 0.1) is 17.1 Å². The molecule has 8 heteroatoms. The molecule has 0 aliphatic carbocycles. The number of ether oxygens (including phenoxy) is 1. The molecule has 0 bridgehead atoms. The van der Waals surface area contributed by atoms with E-state index in [0.717, 1.165) is 38.6 Å². The predicted molar refractivity (Wildman–Crippen MR) is 151 cm³/mol. The average molecular weight is 560 g/mol. The highest BCUT2D eigenvalue weighted by Gasteiger charge is 2.19. The molecule has 0 unspecified atom stereocenters. The Bertz CT molecular complexity index is 1660. The quantitative estimate of drug-likeness (QED) is 0.227. The zero-order valence-corrected chi connectivity index (χ0v) is 22.2. The number of methoxy groups -OCH3 is 1. The van der Waals surface area contributed by atoms with Crippen molar-refractivity contribution >= 4 is 66.7 Å². The van der Waals surface area contributed by atoms with E-state index >= 15 is 0 Å². The highest BCUT2D eigenvalue weighted by molar-refractivity contribution is 9.10. The Morgan fingerprint density at radius 3 is 2.67 bits per heavy atom. The summed E-state index contributed by atoms with van der Waals surface area (Å²) in [6, 6.07) is 21.1. The van der Waals surface area contributed by atoms with Crippen molar-refractivity contribution in [2.45, 2.75) is 13.8 Å². The van der Waals surface area contributed by atoms with E-state index in [1.54, 1.807) is 6.07 Å². The maximum Gasteiger partial charge on any atom is 0.261 e. The number of carbonyl (C=O) groups excluding carboxylic acids is 1. The summed E-state index contributed by atoms with van der Waals surface area (Å²) in [7, 11) is 1.53. The van der Waals surface area contributed by atoms with Gasteiger partial charge in [0.25, 0.3) is 5.91 Å². The smallest absolute Gasteiger partial charge is 0.261 e. The van der Waals surface area contributed by atoms with E-state index in [1.165, 1.54) is 7.11 Å². The molecule has 1 heterocycles. The number of rotatable bonds is 4. The summed E-state index contributed by atoms with van der Waals surface area (Å²) in [6.07, 6.45) is 0. The van der Waals surface area contributed by atoms with Gasteiger partial charge in [0.1, 0.15) is 11.3 Å². The molecule has 36 heavy (non-hydrogen) atoms. The van der Waals surface area contributed by atoms with Crippen LogP contribution in [0.2, 0.25) is 0 Å². The van der Waals surface area contributed by atoms with E-state index in [1.807, 2.05) is 68.4 Å². The first-order chi connectivity index (χ1) is 17.3. The number of amides is 1. The Labute approximate surface area is 221 Å². The summed E-state index contributed by atoms with van der Waals surface area (Å²) in [6.45, 7) is 4.04. The highest BCUT2D eigenvalue weighted by atomic mass is 79.9. The molecule has 4 aromatic carbocycles. The average Bonchev–Trinajstić information content (AvgIpc) is 3.28. The number of nitrogens with zero attached hydrogens (tertiary/aromatic N) is 1. The molecule has 0 fully saturated rings. The minimum Gasteiger partial charge on any atom is -0.495 e. The Morgan fingerprint density at radius 1 is 1.06 bits per heavy atom. The van der Waals surface area contributed by atoms with Crippen molar-refractivity contribution in [3.63, 3.8) is 0 Å². The van der Waals surface area contributed by atoms with Crippen molar-refractivity contribution in [3.8, 4) is 17.2 Å². The van der Waals surface area contributed by atoms with E-state index in [0.29, 0.717) is 27.4 Å². The van der Waals surface area contributed by atoms with Gasteiger partial charge in [-0.2, -0.15) is 0 Å². The standard InChI is InChI=1S/C28H22BrN3O3S/c1-15-11-16(2)24-22(12-15)31-27(35-24)18-8-6-9-19(13-18)30-28(36)32-26(33)21-14-17-7-4-5-10-20(17)23(29)25(21)34-3/h4-14H,1-3H3,(H2,30,32,33,36). The van der Waals surface area contributed by atoms with E-state index in [2.05, 4.69) is 37.6 Å². The lowest BCUT2D eigenvalue weighted by molar-refractivity contribution is 0.0975. The van der Waals surface area contributed by atoms with E-state index in [4.69, 9.17) is 21.4 Å². The summed E-state index contributed by atoms with van der Waals surface area (Å²) in [5.41, 5.74) is 5.62. The maximum absolute atomic E-state index is 13.1. The van der Waals surface area contributed by atoms with Gasteiger partial charge in [0.15, 0.2) is 10.7 Å². The van der Waals surface area contributed by atoms with Crippen LogP contribution < -0.4 is 15.4 Å². The van der Waals surface area contributed by atoms with Gasteiger partial charge in [-0.1, -0.05) is 36.4 Å². The molecule has 0 atom stereocenters. The van der Waals surface area contributed by atoms with E-state index in [9.17, 15) is 4.79 Å². The number of aromatic nitrogens is 1. The van der Waals surface area contributed by atoms with Crippen LogP contribution >= 0.6 is 28.1 Å². The Morgan fingerprint density at radius 2 is 1.86 bits per heavy atom. The number of anilines is 1. The van der Waals surface area contributed by atoms with Crippen molar-refractivity contribution in [3.05, 3.63) is 87.9 Å². The molecule has 5 aromatic rings. The monoisotopic (exact) mass is 559 g/mol. The number of oxazole rings is 1. The van der Waals surface area contributed by atoms with Crippen molar-refractivity contribution in [2.24, 2.45) is 0 Å². The van der Waals surface area contributed by atoms with Crippen LogP contribution in [0.3, 0.4) is 0 Å². The SMILES string of the molecule is COc1c(C(=O)NC(=S)Nc2cccc(-c3nc4cc(C)cc(C)c4o3)c2)cc2ccccc2c1Br. The fraction of sp³-hybridized carbons (Fsp3) is 0.107. The minimum absolute atomic E-state index is 0.160. The normalized spacial score (nSPS) is 11.0. The summed E-state index contributed by atoms with van der Waals surface area (Å²) >= 11 is 8.99. The summed E-state index contributed by atoms with van der Waals surface area (Å²) in [5.74, 6) is 0.581. The number of nitrogens with one attached hydrogen (secondary N) is 2. The first-order valence-corrected chi connectivity index (χ1v) is 12.4. The van der Waals surface area contributed by atoms with Crippen LogP contribution in [0.4, 0.5) is 5.69 Å². The number of benzene rings is 4. The molecule has 2 N–H and O–H groups in total. The van der Waals surface area contributed by atoms with Crippen LogP contribution in [0.15, 0.2) is 75.6 Å². The number of hydrogen-bond acceptors (Lipinski definition) is 5. The minimum atomic E-state index is -0.378. The highest BCUT2D eigenvalue weighted by Crippen LogP contribution is 2.36. The molecule has 0 spiro atoms. The first-order valence-electron chi connectivity index (χ1n) is 11.2. The predicted octanol–water partition coefficient (Wildman–Crippen LogP) is 7.16. The van der Waals surface area contributed by atoms with Gasteiger partial charge < -0.3 is 14.5 Å². The molecule has 0 aliphatic heterocycles. The second-order valence-electron chi connectivity index (χ2n) is 8.43. The van der Waals surface area contributed by atoms with Crippen molar-refractivity contribution in [1.29, 1.82) is 0 Å². The van der Waals surface area contributed by atoms with Gasteiger partial charge in [0.2, 0.25) is 5.89 Å². The maximum atomic E-state index is 13.1. The molecule has 1 aromatic heterocycles. The Balaban J connectivity index is 1.37. The van der Waals surface area contributed by atoms with Crippen LogP contribution in [0.25, 0.3) is 33.3 Å². The third-order valence-electron chi connectivity index (χ3n) is 5.80. The fourth-order valence-electron chi connectivity index (χ4n) is 4.22. The number of hydrogen-bond donors (Lipinski definition) is 2. The number of thiocarbonyl (C=S) groups is 1. The molecule has 0 aliphatic rings. The summed E-state index contributed by atoms with van der Waals surface area (Å²) in [4.78, 5) is 17.8. The van der Waals surface area contributed by atoms with Crippen molar-refractivity contribution in [1.82, 2.24) is 10.3 Å². The lowest BCUT2D eigenvalue weighted by atomic mass is 10.1. The second kappa shape index (κ2) is 9.72. The number of aryl methyl sites for hydroxylation is 2. The molecule has 6 nitrogen and oxygen atoms in total. The molecule has 0 saturated carbocycles. The van der Waals surface area contributed by atoms with Crippen LogP contribution in [-0.4, -0.2) is 23.1 Å². The molecule has 1 amide bonds. The topological polar surface area (TPSA) is 76.4 Å². The van der Waals surface area contributed by atoms with Gasteiger partial charge in [-0.05, 0) is 94.2 Å². The largest absolute Gasteiger partial charge is 0.495 e. The number of carbonyl (C=O) groups is 1. The lowest BCUT2D eigenvalue weighted by Gasteiger charge is -2.14. The van der Waals surface area contributed by atoms with Gasteiger partial charge in [0, 0.05) is 11.3 Å². The van der Waals surface area contributed by atoms with E-state index < -0.39 is 0 Å². The number of fused-ring (bicyclic) bond motifs is 2. The van der Waals surface area contributed by atoms with Crippen LogP contribution in [0, 0.1) is 13.8 Å². The third-order valence-corrected chi connectivity index (χ3v) is 6.80.